The highest BCUT2D eigenvalue weighted by Crippen LogP contribution is 2.42. The molecule has 1 fully saturated rings. The van der Waals surface area contributed by atoms with Gasteiger partial charge in [-0.3, -0.25) is 9.59 Å². The van der Waals surface area contributed by atoms with Crippen molar-refractivity contribution in [2.45, 2.75) is 59.2 Å². The molecule has 0 unspecified atom stereocenters. The molecule has 0 radical (unpaired) electrons. The normalized spacial score (nSPS) is 16.5. The molecule has 0 N–H and O–H groups in total. The van der Waals surface area contributed by atoms with Gasteiger partial charge in [-0.15, -0.1) is 6.58 Å². The van der Waals surface area contributed by atoms with Crippen LogP contribution in [0.5, 0.6) is 5.75 Å². The fourth-order valence-corrected chi connectivity index (χ4v) is 6.71. The number of likely N-dealkylation sites (tertiary alicyclic amines) is 1. The summed E-state index contributed by atoms with van der Waals surface area (Å²) in [5.74, 6) is -2.93. The van der Waals surface area contributed by atoms with Crippen LogP contribution in [-0.2, 0) is 37.0 Å². The second-order valence-corrected chi connectivity index (χ2v) is 14.3. The van der Waals surface area contributed by atoms with E-state index in [0.717, 1.165) is 29.3 Å². The number of carbonyl (C=O) groups excluding carboxylic acids is 3. The summed E-state index contributed by atoms with van der Waals surface area (Å²) in [4.78, 5) is 47.2. The molecule has 56 heavy (non-hydrogen) atoms. The third-order valence-electron chi connectivity index (χ3n) is 9.62. The largest absolute Gasteiger partial charge is 0.468 e. The SMILES string of the molecule is C=CC(C)(C)[C@H](c1nc(-c2cc(F)ccc2F)cn1Cc1cccc(OCOC)c1)N(C[C@@H]1CN(C(=O)OCc2ccccc2)C[C@@H]1F)C(=O)[C@H](C)OC(C)=O. The quantitative estimate of drug-likeness (QED) is 0.0654. The summed E-state index contributed by atoms with van der Waals surface area (Å²) < 4.78 is 69.1. The minimum absolute atomic E-state index is 0.00375. The second-order valence-electron chi connectivity index (χ2n) is 14.3. The fraction of sp³-hybridized carbons (Fsp3) is 0.381. The number of benzene rings is 3. The number of esters is 1. The van der Waals surface area contributed by atoms with Gasteiger partial charge in [0.2, 0.25) is 0 Å². The van der Waals surface area contributed by atoms with E-state index in [1.54, 1.807) is 61.0 Å². The van der Waals surface area contributed by atoms with Crippen molar-refractivity contribution in [3.63, 3.8) is 0 Å². The summed E-state index contributed by atoms with van der Waals surface area (Å²) in [5.41, 5.74) is 0.433. The van der Waals surface area contributed by atoms with Crippen LogP contribution in [-0.4, -0.2) is 83.1 Å². The zero-order valence-electron chi connectivity index (χ0n) is 32.1. The van der Waals surface area contributed by atoms with Crippen LogP contribution in [0.2, 0.25) is 0 Å². The Morgan fingerprint density at radius 3 is 2.46 bits per heavy atom. The van der Waals surface area contributed by atoms with Gasteiger partial charge in [-0.2, -0.15) is 0 Å². The zero-order chi connectivity index (χ0) is 40.6. The molecule has 2 heterocycles. The van der Waals surface area contributed by atoms with E-state index in [1.807, 2.05) is 24.3 Å². The lowest BCUT2D eigenvalue weighted by Crippen LogP contribution is -2.50. The standard InChI is InChI=1S/C42H47F3N4O7/c1-7-42(4,5)38(39-46-37(34-19-32(43)16-17-35(34)44)24-47(39)20-30-14-11-15-33(18-30)55-26-53-6)49(40(51)27(2)56-28(3)50)22-31-21-48(23-36(31)45)41(52)54-25-29-12-9-8-10-13-29/h7-19,24,27,31,36,38H,1,20-23,25-26H2,2-6H3/t27-,31-,36-,38-/m0/s1. The summed E-state index contributed by atoms with van der Waals surface area (Å²) in [5, 5.41) is 0. The first-order valence-electron chi connectivity index (χ1n) is 18.1. The maximum Gasteiger partial charge on any atom is 0.410 e. The number of rotatable bonds is 16. The molecule has 0 spiro atoms. The molecule has 1 saturated heterocycles. The van der Waals surface area contributed by atoms with Crippen molar-refractivity contribution in [2.24, 2.45) is 11.3 Å². The Hall–Kier alpha value is -5.63. The molecular weight excluding hydrogens is 729 g/mol. The summed E-state index contributed by atoms with van der Waals surface area (Å²) in [6.45, 7) is 9.77. The van der Waals surface area contributed by atoms with E-state index in [9.17, 15) is 18.8 Å². The van der Waals surface area contributed by atoms with E-state index < -0.39 is 59.3 Å². The van der Waals surface area contributed by atoms with Crippen molar-refractivity contribution in [1.29, 1.82) is 0 Å². The van der Waals surface area contributed by atoms with Crippen LogP contribution in [0, 0.1) is 23.0 Å². The number of ether oxygens (including phenoxy) is 4. The van der Waals surface area contributed by atoms with Crippen LogP contribution >= 0.6 is 0 Å². The lowest BCUT2D eigenvalue weighted by molar-refractivity contribution is -0.160. The summed E-state index contributed by atoms with van der Waals surface area (Å²) in [6.07, 6.45) is -0.401. The second kappa shape index (κ2) is 18.3. The number of nitrogens with zero attached hydrogens (tertiary/aromatic N) is 4. The van der Waals surface area contributed by atoms with Crippen LogP contribution < -0.4 is 4.74 Å². The van der Waals surface area contributed by atoms with E-state index in [0.29, 0.717) is 5.75 Å². The van der Waals surface area contributed by atoms with Gasteiger partial charge in [0.25, 0.3) is 5.91 Å². The van der Waals surface area contributed by atoms with E-state index >= 15 is 8.78 Å². The molecule has 0 aliphatic carbocycles. The van der Waals surface area contributed by atoms with Crippen LogP contribution in [0.4, 0.5) is 18.0 Å². The third kappa shape index (κ3) is 10.2. The molecule has 1 aliphatic heterocycles. The summed E-state index contributed by atoms with van der Waals surface area (Å²) in [7, 11) is 1.50. The highest BCUT2D eigenvalue weighted by molar-refractivity contribution is 5.83. The fourth-order valence-electron chi connectivity index (χ4n) is 6.71. The van der Waals surface area contributed by atoms with Gasteiger partial charge >= 0.3 is 12.1 Å². The topological polar surface area (TPSA) is 112 Å². The number of amides is 2. The minimum Gasteiger partial charge on any atom is -0.468 e. The smallest absolute Gasteiger partial charge is 0.410 e. The Balaban J connectivity index is 1.58. The Bertz CT molecular complexity index is 2010. The van der Waals surface area contributed by atoms with Gasteiger partial charge in [0.1, 0.15) is 36.0 Å². The van der Waals surface area contributed by atoms with Crippen LogP contribution in [0.1, 0.15) is 50.7 Å². The number of imidazole rings is 1. The van der Waals surface area contributed by atoms with Gasteiger partial charge in [-0.1, -0.05) is 62.4 Å². The van der Waals surface area contributed by atoms with Crippen molar-refractivity contribution in [2.75, 3.05) is 33.5 Å². The van der Waals surface area contributed by atoms with Crippen molar-refractivity contribution >= 4 is 18.0 Å². The Kier molecular flexibility index (Phi) is 13.6. The first kappa shape index (κ1) is 41.5. The molecule has 1 aliphatic rings. The molecule has 3 aromatic carbocycles. The number of carbonyl (C=O) groups is 3. The van der Waals surface area contributed by atoms with E-state index in [2.05, 4.69) is 6.58 Å². The molecule has 298 valence electrons. The molecule has 5 rings (SSSR count). The number of hydrogen-bond donors (Lipinski definition) is 0. The average Bonchev–Trinajstić information content (AvgIpc) is 3.75. The lowest BCUT2D eigenvalue weighted by Gasteiger charge is -2.42. The average molecular weight is 777 g/mol. The minimum atomic E-state index is -1.56. The number of aromatic nitrogens is 2. The van der Waals surface area contributed by atoms with E-state index in [1.165, 1.54) is 30.8 Å². The third-order valence-corrected chi connectivity index (χ3v) is 9.62. The maximum absolute atomic E-state index is 16.0. The van der Waals surface area contributed by atoms with Gasteiger partial charge in [0.15, 0.2) is 12.9 Å². The number of methoxy groups -OCH3 is 1. The summed E-state index contributed by atoms with van der Waals surface area (Å²) >= 11 is 0. The first-order valence-corrected chi connectivity index (χ1v) is 18.1. The van der Waals surface area contributed by atoms with Crippen LogP contribution in [0.3, 0.4) is 0 Å². The van der Waals surface area contributed by atoms with Gasteiger partial charge in [0.05, 0.1) is 18.3 Å². The Morgan fingerprint density at radius 1 is 1.04 bits per heavy atom. The van der Waals surface area contributed by atoms with Crippen molar-refractivity contribution in [3.8, 4) is 17.0 Å². The van der Waals surface area contributed by atoms with E-state index in [4.69, 9.17) is 23.9 Å². The molecule has 0 saturated carbocycles. The van der Waals surface area contributed by atoms with Gasteiger partial charge in [0, 0.05) is 56.8 Å². The van der Waals surface area contributed by atoms with Crippen molar-refractivity contribution in [1.82, 2.24) is 19.4 Å². The molecule has 1 aromatic heterocycles. The van der Waals surface area contributed by atoms with E-state index in [-0.39, 0.29) is 56.7 Å². The van der Waals surface area contributed by atoms with Gasteiger partial charge in [-0.25, -0.2) is 22.9 Å². The molecule has 4 atom stereocenters. The van der Waals surface area contributed by atoms with Crippen LogP contribution in [0.15, 0.2) is 91.6 Å². The monoisotopic (exact) mass is 776 g/mol. The Labute approximate surface area is 324 Å². The molecule has 0 bridgehead atoms. The predicted octanol–water partition coefficient (Wildman–Crippen LogP) is 7.50. The summed E-state index contributed by atoms with van der Waals surface area (Å²) in [6, 6.07) is 18.2. The van der Waals surface area contributed by atoms with Gasteiger partial charge in [-0.05, 0) is 48.4 Å². The molecular formula is C42H47F3N4O7. The number of alkyl halides is 1. The number of halogens is 3. The zero-order valence-corrected chi connectivity index (χ0v) is 32.1. The highest BCUT2D eigenvalue weighted by atomic mass is 19.1. The maximum atomic E-state index is 16.0. The van der Waals surface area contributed by atoms with Gasteiger partial charge < -0.3 is 33.3 Å². The van der Waals surface area contributed by atoms with Crippen molar-refractivity contribution < 1.29 is 46.5 Å². The molecule has 4 aromatic rings. The van der Waals surface area contributed by atoms with Crippen molar-refractivity contribution in [3.05, 3.63) is 120 Å². The molecule has 11 nitrogen and oxygen atoms in total. The molecule has 2 amide bonds. The predicted molar refractivity (Wildman–Crippen MR) is 202 cm³/mol. The number of hydrogen-bond acceptors (Lipinski definition) is 8. The lowest BCUT2D eigenvalue weighted by atomic mass is 9.82. The van der Waals surface area contributed by atoms with Crippen LogP contribution in [0.25, 0.3) is 11.3 Å². The molecule has 14 heteroatoms. The first-order chi connectivity index (χ1) is 26.7. The Morgan fingerprint density at radius 2 is 1.77 bits per heavy atom. The highest BCUT2D eigenvalue weighted by Gasteiger charge is 2.45.